The van der Waals surface area contributed by atoms with Crippen LogP contribution in [0.1, 0.15) is 46.5 Å². The summed E-state index contributed by atoms with van der Waals surface area (Å²) in [6.07, 6.45) is 3.60. The normalized spacial score (nSPS) is 15.2. The van der Waals surface area contributed by atoms with E-state index in [1.807, 2.05) is 54.2 Å². The SMILES string of the molecule is COC(=O)N(CCCCCCn1c(=O)n(CCN2CCOCC2)c2ccccc21)C(C)(C)C. The van der Waals surface area contributed by atoms with E-state index in [-0.39, 0.29) is 17.3 Å². The van der Waals surface area contributed by atoms with Gasteiger partial charge in [0.25, 0.3) is 0 Å². The third-order valence-electron chi connectivity index (χ3n) is 6.39. The van der Waals surface area contributed by atoms with E-state index in [9.17, 15) is 9.59 Å². The van der Waals surface area contributed by atoms with E-state index in [1.54, 1.807) is 4.90 Å². The van der Waals surface area contributed by atoms with E-state index in [0.717, 1.165) is 69.6 Å². The number of fused-ring (bicyclic) bond motifs is 1. The predicted octanol–water partition coefficient (Wildman–Crippen LogP) is 3.56. The molecule has 0 radical (unpaired) electrons. The van der Waals surface area contributed by atoms with Gasteiger partial charge in [-0.15, -0.1) is 0 Å². The molecule has 0 aliphatic carbocycles. The highest BCUT2D eigenvalue weighted by Gasteiger charge is 2.26. The van der Waals surface area contributed by atoms with Crippen LogP contribution in [0.25, 0.3) is 11.0 Å². The fourth-order valence-electron chi connectivity index (χ4n) is 4.47. The van der Waals surface area contributed by atoms with Crippen molar-refractivity contribution in [1.29, 1.82) is 0 Å². The number of amides is 1. The van der Waals surface area contributed by atoms with E-state index in [4.69, 9.17) is 9.47 Å². The summed E-state index contributed by atoms with van der Waals surface area (Å²) in [6, 6.07) is 8.08. The maximum absolute atomic E-state index is 13.2. The largest absolute Gasteiger partial charge is 0.453 e. The van der Waals surface area contributed by atoms with E-state index >= 15 is 0 Å². The summed E-state index contributed by atoms with van der Waals surface area (Å²) in [6.45, 7) is 12.4. The Kier molecular flexibility index (Phi) is 8.97. The van der Waals surface area contributed by atoms with E-state index in [1.165, 1.54) is 7.11 Å². The minimum atomic E-state index is -0.279. The monoisotopic (exact) mass is 460 g/mol. The molecule has 0 bridgehead atoms. The highest BCUT2D eigenvalue weighted by molar-refractivity contribution is 5.76. The molecule has 1 aliphatic heterocycles. The number of hydrogen-bond donors (Lipinski definition) is 0. The predicted molar refractivity (Wildman–Crippen MR) is 131 cm³/mol. The van der Waals surface area contributed by atoms with Crippen molar-refractivity contribution >= 4 is 17.1 Å². The Bertz CT molecular complexity index is 953. The van der Waals surface area contributed by atoms with Crippen LogP contribution in [-0.2, 0) is 22.6 Å². The van der Waals surface area contributed by atoms with Crippen LogP contribution >= 0.6 is 0 Å². The summed E-state index contributed by atoms with van der Waals surface area (Å²) in [4.78, 5) is 29.4. The fourth-order valence-corrected chi connectivity index (χ4v) is 4.47. The molecule has 1 aliphatic rings. The molecule has 33 heavy (non-hydrogen) atoms. The number of carbonyl (C=O) groups is 1. The van der Waals surface area contributed by atoms with Crippen LogP contribution in [0, 0.1) is 0 Å². The summed E-state index contributed by atoms with van der Waals surface area (Å²) >= 11 is 0. The zero-order valence-electron chi connectivity index (χ0n) is 20.7. The van der Waals surface area contributed by atoms with Gasteiger partial charge in [-0.1, -0.05) is 25.0 Å². The molecule has 1 amide bonds. The number of benzene rings is 1. The topological polar surface area (TPSA) is 68.9 Å². The van der Waals surface area contributed by atoms with Gasteiger partial charge in [0.05, 0.1) is 31.4 Å². The minimum absolute atomic E-state index is 0.0778. The maximum Gasteiger partial charge on any atom is 0.409 e. The van der Waals surface area contributed by atoms with Crippen LogP contribution in [0.15, 0.2) is 29.1 Å². The first-order valence-corrected chi connectivity index (χ1v) is 12.2. The molecule has 0 saturated carbocycles. The van der Waals surface area contributed by atoms with E-state index < -0.39 is 0 Å². The molecular weight excluding hydrogens is 420 g/mol. The summed E-state index contributed by atoms with van der Waals surface area (Å²) in [5.41, 5.74) is 1.83. The Balaban J connectivity index is 1.54. The van der Waals surface area contributed by atoms with Crippen molar-refractivity contribution in [3.05, 3.63) is 34.7 Å². The number of unbranched alkanes of at least 4 members (excludes halogenated alkanes) is 3. The van der Waals surface area contributed by atoms with Crippen LogP contribution in [-0.4, -0.2) is 77.1 Å². The molecule has 1 aromatic heterocycles. The first kappa shape index (κ1) is 25.3. The first-order valence-electron chi connectivity index (χ1n) is 12.2. The number of methoxy groups -OCH3 is 1. The van der Waals surface area contributed by atoms with Crippen molar-refractivity contribution < 1.29 is 14.3 Å². The average Bonchev–Trinajstić information content (AvgIpc) is 3.07. The molecule has 8 heteroatoms. The molecule has 184 valence electrons. The lowest BCUT2D eigenvalue weighted by molar-refractivity contribution is 0.0364. The van der Waals surface area contributed by atoms with Gasteiger partial charge in [-0.05, 0) is 45.7 Å². The number of aryl methyl sites for hydroxylation is 1. The number of rotatable bonds is 10. The molecule has 8 nitrogen and oxygen atoms in total. The number of morpholine rings is 1. The minimum Gasteiger partial charge on any atom is -0.453 e. The highest BCUT2D eigenvalue weighted by atomic mass is 16.5. The lowest BCUT2D eigenvalue weighted by Gasteiger charge is -2.34. The lowest BCUT2D eigenvalue weighted by atomic mass is 10.1. The van der Waals surface area contributed by atoms with Crippen molar-refractivity contribution in [1.82, 2.24) is 18.9 Å². The number of hydrogen-bond acceptors (Lipinski definition) is 5. The zero-order chi connectivity index (χ0) is 23.8. The van der Waals surface area contributed by atoms with E-state index in [2.05, 4.69) is 4.90 Å². The molecular formula is C25H40N4O4. The number of nitrogens with zero attached hydrogens (tertiary/aromatic N) is 4. The molecule has 0 unspecified atom stereocenters. The fraction of sp³-hybridized carbons (Fsp3) is 0.680. The van der Waals surface area contributed by atoms with Crippen molar-refractivity contribution in [2.24, 2.45) is 0 Å². The Morgan fingerprint density at radius 1 is 0.970 bits per heavy atom. The van der Waals surface area contributed by atoms with Crippen molar-refractivity contribution in [3.8, 4) is 0 Å². The van der Waals surface area contributed by atoms with Crippen molar-refractivity contribution in [2.45, 2.75) is 65.1 Å². The van der Waals surface area contributed by atoms with Gasteiger partial charge in [-0.2, -0.15) is 0 Å². The molecule has 0 N–H and O–H groups in total. The second-order valence-corrected chi connectivity index (χ2v) is 9.74. The molecule has 1 aromatic carbocycles. The van der Waals surface area contributed by atoms with Gasteiger partial charge in [0, 0.05) is 44.8 Å². The molecule has 2 aromatic rings. The Hall–Kier alpha value is -2.32. The smallest absolute Gasteiger partial charge is 0.409 e. The average molecular weight is 461 g/mol. The van der Waals surface area contributed by atoms with Crippen molar-refractivity contribution in [3.63, 3.8) is 0 Å². The molecule has 0 spiro atoms. The molecule has 1 fully saturated rings. The third kappa shape index (κ3) is 6.60. The van der Waals surface area contributed by atoms with Crippen LogP contribution in [0.4, 0.5) is 4.79 Å². The number of ether oxygens (including phenoxy) is 2. The second-order valence-electron chi connectivity index (χ2n) is 9.74. The van der Waals surface area contributed by atoms with Crippen LogP contribution < -0.4 is 5.69 Å². The van der Waals surface area contributed by atoms with Gasteiger partial charge in [-0.25, -0.2) is 9.59 Å². The number of para-hydroxylation sites is 2. The van der Waals surface area contributed by atoms with Gasteiger partial charge in [0.2, 0.25) is 0 Å². The Labute approximate surface area is 197 Å². The standard InChI is InChI=1S/C25H40N4O4/c1-25(2,3)29(24(31)32-4)14-10-6-5-9-13-27-21-11-7-8-12-22(21)28(23(27)30)16-15-26-17-19-33-20-18-26/h7-8,11-12H,5-6,9-10,13-20H2,1-4H3. The summed E-state index contributed by atoms with van der Waals surface area (Å²) < 4.78 is 14.2. The van der Waals surface area contributed by atoms with Gasteiger partial charge in [-0.3, -0.25) is 14.0 Å². The van der Waals surface area contributed by atoms with Crippen LogP contribution in [0.5, 0.6) is 0 Å². The molecule has 2 heterocycles. The summed E-state index contributed by atoms with van der Waals surface area (Å²) in [7, 11) is 1.43. The van der Waals surface area contributed by atoms with Gasteiger partial charge < -0.3 is 14.4 Å². The highest BCUT2D eigenvalue weighted by Crippen LogP contribution is 2.17. The molecule has 3 rings (SSSR count). The van der Waals surface area contributed by atoms with Gasteiger partial charge >= 0.3 is 11.8 Å². The number of aromatic nitrogens is 2. The van der Waals surface area contributed by atoms with Gasteiger partial charge in [0.15, 0.2) is 0 Å². The quantitative estimate of drug-likeness (QED) is 0.507. The Morgan fingerprint density at radius 2 is 1.58 bits per heavy atom. The summed E-state index contributed by atoms with van der Waals surface area (Å²) in [5.74, 6) is 0. The second kappa shape index (κ2) is 11.7. The molecule has 0 atom stereocenters. The maximum atomic E-state index is 13.2. The number of imidazole rings is 1. The Morgan fingerprint density at radius 3 is 2.18 bits per heavy atom. The lowest BCUT2D eigenvalue weighted by Crippen LogP contribution is -2.46. The first-order chi connectivity index (χ1) is 15.8. The zero-order valence-corrected chi connectivity index (χ0v) is 20.7. The van der Waals surface area contributed by atoms with Gasteiger partial charge in [0.1, 0.15) is 0 Å². The third-order valence-corrected chi connectivity index (χ3v) is 6.39. The van der Waals surface area contributed by atoms with E-state index in [0.29, 0.717) is 19.6 Å². The number of carbonyl (C=O) groups excluding carboxylic acids is 1. The molecule has 1 saturated heterocycles. The van der Waals surface area contributed by atoms with Crippen LogP contribution in [0.2, 0.25) is 0 Å². The van der Waals surface area contributed by atoms with Crippen LogP contribution in [0.3, 0.4) is 0 Å². The summed E-state index contributed by atoms with van der Waals surface area (Å²) in [5, 5.41) is 0. The van der Waals surface area contributed by atoms with Crippen molar-refractivity contribution in [2.75, 3.05) is 46.5 Å².